The number of carbonyl (C=O) groups is 2. The number of aryl methyl sites for hydroxylation is 1. The molecule has 188 valence electrons. The summed E-state index contributed by atoms with van der Waals surface area (Å²) in [5.74, 6) is -0.993. The molecule has 2 N–H and O–H groups in total. The number of benzene rings is 2. The van der Waals surface area contributed by atoms with E-state index >= 15 is 0 Å². The summed E-state index contributed by atoms with van der Waals surface area (Å²) >= 11 is 0. The second-order valence-electron chi connectivity index (χ2n) is 9.26. The molecule has 0 spiro atoms. The summed E-state index contributed by atoms with van der Waals surface area (Å²) in [6.45, 7) is 3.90. The van der Waals surface area contributed by atoms with Crippen LogP contribution in [0.2, 0.25) is 0 Å². The molecule has 2 aromatic carbocycles. The highest BCUT2D eigenvalue weighted by Gasteiger charge is 2.38. The highest BCUT2D eigenvalue weighted by atomic mass is 32.2. The van der Waals surface area contributed by atoms with E-state index in [4.69, 9.17) is 4.74 Å². The minimum atomic E-state index is -3.60. The summed E-state index contributed by atoms with van der Waals surface area (Å²) in [5, 5.41) is 5.99. The molecule has 35 heavy (non-hydrogen) atoms. The molecule has 1 saturated heterocycles. The van der Waals surface area contributed by atoms with Crippen LogP contribution in [0.15, 0.2) is 54.6 Å². The van der Waals surface area contributed by atoms with Crippen LogP contribution in [0, 0.1) is 6.92 Å². The smallest absolute Gasteiger partial charge is 0.251 e. The molecule has 4 rings (SSSR count). The van der Waals surface area contributed by atoms with Gasteiger partial charge >= 0.3 is 0 Å². The second-order valence-corrected chi connectivity index (χ2v) is 11.5. The molecule has 2 aliphatic rings. The molecule has 2 amide bonds. The van der Waals surface area contributed by atoms with Gasteiger partial charge < -0.3 is 20.3 Å². The molecule has 3 atom stereocenters. The fourth-order valence-electron chi connectivity index (χ4n) is 4.35. The van der Waals surface area contributed by atoms with E-state index in [1.807, 2.05) is 0 Å². The summed E-state index contributed by atoms with van der Waals surface area (Å²) in [6.07, 6.45) is 0.981. The molecule has 1 saturated carbocycles. The first-order valence-electron chi connectivity index (χ1n) is 12.1. The lowest BCUT2D eigenvalue weighted by molar-refractivity contribution is -0.136. The molecule has 1 aliphatic heterocycles. The third-order valence-corrected chi connectivity index (χ3v) is 8.17. The number of sulfone groups is 1. The van der Waals surface area contributed by atoms with E-state index in [2.05, 4.69) is 41.8 Å². The minimum Gasteiger partial charge on any atom is -0.378 e. The van der Waals surface area contributed by atoms with Crippen molar-refractivity contribution in [3.8, 4) is 0 Å². The van der Waals surface area contributed by atoms with E-state index < -0.39 is 33.4 Å². The van der Waals surface area contributed by atoms with Gasteiger partial charge in [0.15, 0.2) is 9.84 Å². The molecule has 0 aromatic heterocycles. The molecule has 8 nitrogen and oxygen atoms in total. The van der Waals surface area contributed by atoms with Gasteiger partial charge in [0.2, 0.25) is 5.91 Å². The van der Waals surface area contributed by atoms with Crippen molar-refractivity contribution in [3.05, 3.63) is 71.3 Å². The van der Waals surface area contributed by atoms with Crippen LogP contribution in [0.1, 0.15) is 33.8 Å². The molecule has 1 heterocycles. The highest BCUT2D eigenvalue weighted by molar-refractivity contribution is 7.91. The quantitative estimate of drug-likeness (QED) is 0.514. The summed E-state index contributed by atoms with van der Waals surface area (Å²) in [7, 11) is -3.60. The first-order chi connectivity index (χ1) is 16.8. The molecule has 2 fully saturated rings. The maximum Gasteiger partial charge on any atom is 0.251 e. The topological polar surface area (TPSA) is 105 Å². The zero-order valence-electron chi connectivity index (χ0n) is 20.0. The molecular formula is C26H33N3O5S. The Hall–Kier alpha value is -2.75. The monoisotopic (exact) mass is 499 g/mol. The van der Waals surface area contributed by atoms with Gasteiger partial charge in [-0.05, 0) is 31.0 Å². The van der Waals surface area contributed by atoms with Crippen LogP contribution in [0.4, 0.5) is 0 Å². The number of hydrogen-bond acceptors (Lipinski definition) is 6. The van der Waals surface area contributed by atoms with Crippen LogP contribution in [-0.4, -0.2) is 81.6 Å². The van der Waals surface area contributed by atoms with Gasteiger partial charge in [0.25, 0.3) is 5.91 Å². The molecule has 0 unspecified atom stereocenters. The molecular weight excluding hydrogens is 466 g/mol. The van der Waals surface area contributed by atoms with E-state index in [9.17, 15) is 18.0 Å². The fourth-order valence-corrected chi connectivity index (χ4v) is 5.68. The average Bonchev–Trinajstić information content (AvgIpc) is 3.64. The van der Waals surface area contributed by atoms with E-state index in [1.165, 1.54) is 11.1 Å². The van der Waals surface area contributed by atoms with Crippen molar-refractivity contribution in [3.63, 3.8) is 0 Å². The lowest BCUT2D eigenvalue weighted by atomic mass is 10.1. The Balaban J connectivity index is 1.34. The van der Waals surface area contributed by atoms with Crippen molar-refractivity contribution in [2.24, 2.45) is 0 Å². The summed E-state index contributed by atoms with van der Waals surface area (Å²) in [4.78, 5) is 27.4. The number of rotatable bonds is 10. The number of hydrogen-bond donors (Lipinski definition) is 2. The van der Waals surface area contributed by atoms with Crippen LogP contribution in [0.3, 0.4) is 0 Å². The van der Waals surface area contributed by atoms with Gasteiger partial charge in [0.05, 0.1) is 24.7 Å². The third kappa shape index (κ3) is 7.13. The van der Waals surface area contributed by atoms with Gasteiger partial charge in [-0.2, -0.15) is 0 Å². The SMILES string of the molecule is Cc1ccc([C@@H]2C[C@H]2NCCS(=O)(=O)C[C@@H](NC(=O)c2ccccc2)C(=O)N2CCOCC2)cc1. The Kier molecular flexibility index (Phi) is 8.20. The number of ether oxygens (including phenoxy) is 1. The molecule has 2 aromatic rings. The highest BCUT2D eigenvalue weighted by Crippen LogP contribution is 2.40. The largest absolute Gasteiger partial charge is 0.378 e. The Bertz CT molecular complexity index is 1120. The number of morpholine rings is 1. The Morgan fingerprint density at radius 1 is 1.06 bits per heavy atom. The molecule has 9 heteroatoms. The Labute approximate surface area is 207 Å². The number of carbonyl (C=O) groups excluding carboxylic acids is 2. The fraction of sp³-hybridized carbons (Fsp3) is 0.462. The Morgan fingerprint density at radius 3 is 2.43 bits per heavy atom. The normalized spacial score (nSPS) is 20.8. The van der Waals surface area contributed by atoms with E-state index in [0.717, 1.165) is 6.42 Å². The molecule has 0 radical (unpaired) electrons. The first kappa shape index (κ1) is 25.3. The zero-order valence-corrected chi connectivity index (χ0v) is 20.8. The summed E-state index contributed by atoms with van der Waals surface area (Å²) in [5.41, 5.74) is 2.85. The lowest BCUT2D eigenvalue weighted by Gasteiger charge is -2.30. The standard InChI is InChI=1S/C26H33N3O5S/c1-19-7-9-20(10-8-19)22-17-23(22)27-11-16-35(32,33)18-24(26(31)29-12-14-34-15-13-29)28-25(30)21-5-3-2-4-6-21/h2-10,22-24,27H,11-18H2,1H3,(H,28,30)/t22-,23+,24+/m0/s1. The van der Waals surface area contributed by atoms with Gasteiger partial charge in [-0.3, -0.25) is 9.59 Å². The maximum atomic E-state index is 13.1. The number of amides is 2. The summed E-state index contributed by atoms with van der Waals surface area (Å²) in [6, 6.07) is 16.0. The van der Waals surface area contributed by atoms with Crippen molar-refractivity contribution < 1.29 is 22.7 Å². The van der Waals surface area contributed by atoms with Gasteiger partial charge in [-0.25, -0.2) is 8.42 Å². The van der Waals surface area contributed by atoms with Crippen LogP contribution in [0.25, 0.3) is 0 Å². The predicted octanol–water partition coefficient (Wildman–Crippen LogP) is 1.51. The Morgan fingerprint density at radius 2 is 1.74 bits per heavy atom. The van der Waals surface area contributed by atoms with Crippen molar-refractivity contribution in [1.29, 1.82) is 0 Å². The van der Waals surface area contributed by atoms with E-state index in [1.54, 1.807) is 35.2 Å². The van der Waals surface area contributed by atoms with Crippen LogP contribution in [-0.2, 0) is 19.4 Å². The molecule has 0 bridgehead atoms. The minimum absolute atomic E-state index is 0.0990. The first-order valence-corrected chi connectivity index (χ1v) is 13.9. The van der Waals surface area contributed by atoms with Crippen molar-refractivity contribution in [1.82, 2.24) is 15.5 Å². The van der Waals surface area contributed by atoms with E-state index in [0.29, 0.717) is 44.3 Å². The lowest BCUT2D eigenvalue weighted by Crippen LogP contribution is -2.54. The van der Waals surface area contributed by atoms with E-state index in [-0.39, 0.29) is 11.8 Å². The summed E-state index contributed by atoms with van der Waals surface area (Å²) < 4.78 is 31.2. The average molecular weight is 500 g/mol. The molecule has 1 aliphatic carbocycles. The zero-order chi connectivity index (χ0) is 24.8. The number of nitrogens with zero attached hydrogens (tertiary/aromatic N) is 1. The van der Waals surface area contributed by atoms with Crippen molar-refractivity contribution in [2.45, 2.75) is 31.3 Å². The van der Waals surface area contributed by atoms with Gasteiger partial charge in [-0.1, -0.05) is 48.0 Å². The third-order valence-electron chi connectivity index (χ3n) is 6.50. The van der Waals surface area contributed by atoms with Crippen molar-refractivity contribution in [2.75, 3.05) is 44.4 Å². The van der Waals surface area contributed by atoms with Gasteiger partial charge in [0, 0.05) is 37.2 Å². The predicted molar refractivity (Wildman–Crippen MR) is 134 cm³/mol. The van der Waals surface area contributed by atoms with Crippen LogP contribution < -0.4 is 10.6 Å². The van der Waals surface area contributed by atoms with Crippen LogP contribution in [0.5, 0.6) is 0 Å². The van der Waals surface area contributed by atoms with Gasteiger partial charge in [0.1, 0.15) is 6.04 Å². The maximum absolute atomic E-state index is 13.1. The second kappa shape index (κ2) is 11.3. The van der Waals surface area contributed by atoms with Crippen molar-refractivity contribution >= 4 is 21.7 Å². The van der Waals surface area contributed by atoms with Crippen LogP contribution >= 0.6 is 0 Å². The number of nitrogens with one attached hydrogen (secondary N) is 2. The van der Waals surface area contributed by atoms with Gasteiger partial charge in [-0.15, -0.1) is 0 Å².